The van der Waals surface area contributed by atoms with E-state index < -0.39 is 0 Å². The summed E-state index contributed by atoms with van der Waals surface area (Å²) in [5, 5.41) is 2.16. The first-order valence-corrected chi connectivity index (χ1v) is 9.21. The molecule has 1 aliphatic carbocycles. The lowest BCUT2D eigenvalue weighted by atomic mass is 10.1. The highest BCUT2D eigenvalue weighted by molar-refractivity contribution is 7.10. The Hall–Kier alpha value is -1.65. The van der Waals surface area contributed by atoms with E-state index in [0.29, 0.717) is 6.54 Å². The van der Waals surface area contributed by atoms with Crippen LogP contribution in [-0.2, 0) is 24.2 Å². The SMILES string of the molecule is CN(C(=O)CN1CCc2sccc2C1)C1CCc2ccccc21. The molecular weight excluding hydrogens is 304 g/mol. The lowest BCUT2D eigenvalue weighted by Gasteiger charge is -2.31. The number of amides is 1. The van der Waals surface area contributed by atoms with Crippen LogP contribution in [0.5, 0.6) is 0 Å². The molecule has 4 heteroatoms. The second kappa shape index (κ2) is 6.10. The molecule has 0 radical (unpaired) electrons. The number of rotatable bonds is 3. The Bertz CT molecular complexity index is 724. The van der Waals surface area contributed by atoms with Gasteiger partial charge in [0.2, 0.25) is 5.91 Å². The van der Waals surface area contributed by atoms with Gasteiger partial charge in [-0.05, 0) is 47.4 Å². The second-order valence-electron chi connectivity index (χ2n) is 6.59. The molecule has 0 fully saturated rings. The van der Waals surface area contributed by atoms with Gasteiger partial charge >= 0.3 is 0 Å². The summed E-state index contributed by atoms with van der Waals surface area (Å²) >= 11 is 1.84. The molecule has 1 aromatic carbocycles. The lowest BCUT2D eigenvalue weighted by Crippen LogP contribution is -2.41. The van der Waals surface area contributed by atoms with Crippen LogP contribution in [0.25, 0.3) is 0 Å². The van der Waals surface area contributed by atoms with Gasteiger partial charge in [-0.1, -0.05) is 24.3 Å². The average Bonchev–Trinajstić information content (AvgIpc) is 3.20. The maximum Gasteiger partial charge on any atom is 0.237 e. The van der Waals surface area contributed by atoms with Crippen LogP contribution in [0.15, 0.2) is 35.7 Å². The van der Waals surface area contributed by atoms with E-state index in [1.807, 2.05) is 23.3 Å². The minimum Gasteiger partial charge on any atom is -0.338 e. The van der Waals surface area contributed by atoms with E-state index in [0.717, 1.165) is 32.4 Å². The van der Waals surface area contributed by atoms with Crippen molar-refractivity contribution >= 4 is 17.2 Å². The van der Waals surface area contributed by atoms with E-state index in [1.165, 1.54) is 21.6 Å². The summed E-state index contributed by atoms with van der Waals surface area (Å²) in [7, 11) is 1.97. The first-order valence-electron chi connectivity index (χ1n) is 8.33. The highest BCUT2D eigenvalue weighted by atomic mass is 32.1. The van der Waals surface area contributed by atoms with E-state index in [2.05, 4.69) is 40.6 Å². The fraction of sp³-hybridized carbons (Fsp3) is 0.421. The Morgan fingerprint density at radius 3 is 3.04 bits per heavy atom. The smallest absolute Gasteiger partial charge is 0.237 e. The van der Waals surface area contributed by atoms with Gasteiger partial charge in [0, 0.05) is 25.0 Å². The Kier molecular flexibility index (Phi) is 3.95. The number of hydrogen-bond acceptors (Lipinski definition) is 3. The largest absolute Gasteiger partial charge is 0.338 e. The van der Waals surface area contributed by atoms with Crippen LogP contribution in [0, 0.1) is 0 Å². The molecule has 0 N–H and O–H groups in total. The van der Waals surface area contributed by atoms with Crippen LogP contribution in [0.2, 0.25) is 0 Å². The first kappa shape index (κ1) is 14.9. The summed E-state index contributed by atoms with van der Waals surface area (Å²) in [6.07, 6.45) is 3.22. The molecule has 2 aliphatic rings. The van der Waals surface area contributed by atoms with Crippen molar-refractivity contribution in [1.82, 2.24) is 9.80 Å². The highest BCUT2D eigenvalue weighted by Crippen LogP contribution is 2.35. The molecule has 0 spiro atoms. The lowest BCUT2D eigenvalue weighted by molar-refractivity contribution is -0.133. The van der Waals surface area contributed by atoms with Gasteiger partial charge in [-0.3, -0.25) is 9.69 Å². The summed E-state index contributed by atoms with van der Waals surface area (Å²) in [5.74, 6) is 0.241. The fourth-order valence-electron chi connectivity index (χ4n) is 3.86. The zero-order valence-corrected chi connectivity index (χ0v) is 14.3. The van der Waals surface area contributed by atoms with Crippen LogP contribution in [0.3, 0.4) is 0 Å². The van der Waals surface area contributed by atoms with Crippen LogP contribution in [-0.4, -0.2) is 35.8 Å². The molecule has 1 unspecified atom stereocenters. The maximum absolute atomic E-state index is 12.7. The quantitative estimate of drug-likeness (QED) is 0.864. The minimum absolute atomic E-state index is 0.241. The number of carbonyl (C=O) groups excluding carboxylic acids is 1. The van der Waals surface area contributed by atoms with Crippen molar-refractivity contribution in [2.75, 3.05) is 20.1 Å². The predicted molar refractivity (Wildman–Crippen MR) is 93.6 cm³/mol. The summed E-state index contributed by atoms with van der Waals surface area (Å²) in [5.41, 5.74) is 4.14. The predicted octanol–water partition coefficient (Wildman–Crippen LogP) is 3.25. The first-order chi connectivity index (χ1) is 11.2. The van der Waals surface area contributed by atoms with E-state index in [1.54, 1.807) is 0 Å². The van der Waals surface area contributed by atoms with Crippen molar-refractivity contribution in [2.45, 2.75) is 31.8 Å². The topological polar surface area (TPSA) is 23.6 Å². The van der Waals surface area contributed by atoms with Gasteiger partial charge in [0.15, 0.2) is 0 Å². The molecule has 1 amide bonds. The van der Waals surface area contributed by atoms with Crippen molar-refractivity contribution in [3.05, 3.63) is 57.3 Å². The molecule has 0 saturated carbocycles. The molecular formula is C19H22N2OS. The molecule has 1 atom stereocenters. The highest BCUT2D eigenvalue weighted by Gasteiger charge is 2.29. The molecule has 4 rings (SSSR count). The van der Waals surface area contributed by atoms with Crippen LogP contribution >= 0.6 is 11.3 Å². The standard InChI is InChI=1S/C19H22N2OS/c1-20(17-7-6-14-4-2-3-5-16(14)17)19(22)13-21-10-8-18-15(12-21)9-11-23-18/h2-5,9,11,17H,6-8,10,12-13H2,1H3. The Balaban J connectivity index is 1.42. The third-order valence-corrected chi connectivity index (χ3v) is 6.23. The molecule has 2 heterocycles. The van der Waals surface area contributed by atoms with E-state index in [-0.39, 0.29) is 11.9 Å². The zero-order chi connectivity index (χ0) is 15.8. The molecule has 1 aliphatic heterocycles. The Labute approximate surface area is 141 Å². The molecule has 120 valence electrons. The van der Waals surface area contributed by atoms with Gasteiger partial charge in [0.25, 0.3) is 0 Å². The molecule has 0 bridgehead atoms. The number of thiophene rings is 1. The maximum atomic E-state index is 12.7. The van der Waals surface area contributed by atoms with Gasteiger partial charge in [-0.25, -0.2) is 0 Å². The van der Waals surface area contributed by atoms with Crippen molar-refractivity contribution in [3.8, 4) is 0 Å². The normalized spacial score (nSPS) is 20.1. The molecule has 1 aromatic heterocycles. The van der Waals surface area contributed by atoms with Crippen LogP contribution in [0.1, 0.15) is 34.0 Å². The van der Waals surface area contributed by atoms with Gasteiger partial charge in [0.1, 0.15) is 0 Å². The van der Waals surface area contributed by atoms with Crippen molar-refractivity contribution in [3.63, 3.8) is 0 Å². The fourth-order valence-corrected chi connectivity index (χ4v) is 4.75. The van der Waals surface area contributed by atoms with E-state index in [4.69, 9.17) is 0 Å². The number of carbonyl (C=O) groups is 1. The van der Waals surface area contributed by atoms with Crippen LogP contribution < -0.4 is 0 Å². The van der Waals surface area contributed by atoms with Crippen LogP contribution in [0.4, 0.5) is 0 Å². The molecule has 23 heavy (non-hydrogen) atoms. The van der Waals surface area contributed by atoms with Gasteiger partial charge in [0.05, 0.1) is 12.6 Å². The van der Waals surface area contributed by atoms with Crippen molar-refractivity contribution in [1.29, 1.82) is 0 Å². The Morgan fingerprint density at radius 1 is 1.26 bits per heavy atom. The average molecular weight is 326 g/mol. The number of benzene rings is 1. The summed E-state index contributed by atoms with van der Waals surface area (Å²) in [6.45, 7) is 2.44. The molecule has 3 nitrogen and oxygen atoms in total. The third kappa shape index (κ3) is 2.81. The van der Waals surface area contributed by atoms with Gasteiger partial charge < -0.3 is 4.90 Å². The summed E-state index contributed by atoms with van der Waals surface area (Å²) in [4.78, 5) is 18.5. The number of fused-ring (bicyclic) bond motifs is 2. The Morgan fingerprint density at radius 2 is 2.13 bits per heavy atom. The number of nitrogens with zero attached hydrogens (tertiary/aromatic N) is 2. The number of likely N-dealkylation sites (N-methyl/N-ethyl adjacent to an activating group) is 1. The molecule has 0 saturated heterocycles. The van der Waals surface area contributed by atoms with Gasteiger partial charge in [-0.15, -0.1) is 11.3 Å². The van der Waals surface area contributed by atoms with E-state index >= 15 is 0 Å². The second-order valence-corrected chi connectivity index (χ2v) is 7.59. The van der Waals surface area contributed by atoms with E-state index in [9.17, 15) is 4.79 Å². The summed E-state index contributed by atoms with van der Waals surface area (Å²) in [6, 6.07) is 11.0. The number of aryl methyl sites for hydroxylation is 1. The van der Waals surface area contributed by atoms with Crippen molar-refractivity contribution < 1.29 is 4.79 Å². The van der Waals surface area contributed by atoms with Gasteiger partial charge in [-0.2, -0.15) is 0 Å². The minimum atomic E-state index is 0.241. The molecule has 2 aromatic rings. The van der Waals surface area contributed by atoms with Crippen molar-refractivity contribution in [2.24, 2.45) is 0 Å². The summed E-state index contributed by atoms with van der Waals surface area (Å²) < 4.78 is 0. The number of hydrogen-bond donors (Lipinski definition) is 0. The third-order valence-electron chi connectivity index (χ3n) is 5.21. The monoisotopic (exact) mass is 326 g/mol. The zero-order valence-electron chi connectivity index (χ0n) is 13.5.